The van der Waals surface area contributed by atoms with E-state index in [1.54, 1.807) is 6.92 Å². The van der Waals surface area contributed by atoms with E-state index in [4.69, 9.17) is 10.4 Å². The molecule has 0 unspecified atom stereocenters. The SMILES string of the molecule is CC/C(C)=N\O.CCC(CC)=NO. The van der Waals surface area contributed by atoms with Gasteiger partial charge in [-0.1, -0.05) is 31.1 Å². The fourth-order valence-electron chi connectivity index (χ4n) is 0.462. The molecule has 0 saturated carbocycles. The molecule has 0 aromatic carbocycles. The average molecular weight is 188 g/mol. The van der Waals surface area contributed by atoms with E-state index < -0.39 is 0 Å². The Labute approximate surface area is 80.0 Å². The summed E-state index contributed by atoms with van der Waals surface area (Å²) in [6.45, 7) is 7.66. The van der Waals surface area contributed by atoms with E-state index >= 15 is 0 Å². The van der Waals surface area contributed by atoms with Gasteiger partial charge < -0.3 is 10.4 Å². The molecule has 4 heteroatoms. The minimum Gasteiger partial charge on any atom is -0.411 e. The smallest absolute Gasteiger partial charge is 0.0565 e. The first kappa shape index (κ1) is 14.5. The molecule has 0 aliphatic rings. The van der Waals surface area contributed by atoms with Gasteiger partial charge in [0.2, 0.25) is 0 Å². The van der Waals surface area contributed by atoms with Crippen molar-refractivity contribution < 1.29 is 10.4 Å². The van der Waals surface area contributed by atoms with Crippen LogP contribution in [0.3, 0.4) is 0 Å². The van der Waals surface area contributed by atoms with Crippen LogP contribution in [0, 0.1) is 0 Å². The van der Waals surface area contributed by atoms with Crippen LogP contribution in [0.15, 0.2) is 10.3 Å². The monoisotopic (exact) mass is 188 g/mol. The largest absolute Gasteiger partial charge is 0.411 e. The van der Waals surface area contributed by atoms with Crippen LogP contribution in [-0.4, -0.2) is 21.8 Å². The lowest BCUT2D eigenvalue weighted by atomic mass is 10.2. The van der Waals surface area contributed by atoms with Crippen LogP contribution >= 0.6 is 0 Å². The Morgan fingerprint density at radius 1 is 0.923 bits per heavy atom. The van der Waals surface area contributed by atoms with E-state index in [0.29, 0.717) is 0 Å². The molecular formula is C9H20N2O2. The molecule has 0 aromatic heterocycles. The molecule has 0 atom stereocenters. The maximum atomic E-state index is 8.11. The number of oxime groups is 2. The van der Waals surface area contributed by atoms with Crippen molar-refractivity contribution in [1.82, 2.24) is 0 Å². The summed E-state index contributed by atoms with van der Waals surface area (Å²) in [6.07, 6.45) is 2.54. The van der Waals surface area contributed by atoms with Gasteiger partial charge in [0.15, 0.2) is 0 Å². The summed E-state index contributed by atoms with van der Waals surface area (Å²) < 4.78 is 0. The highest BCUT2D eigenvalue weighted by molar-refractivity contribution is 5.83. The van der Waals surface area contributed by atoms with E-state index in [1.165, 1.54) is 0 Å². The zero-order chi connectivity index (χ0) is 10.7. The van der Waals surface area contributed by atoms with Crippen molar-refractivity contribution in [3.05, 3.63) is 0 Å². The zero-order valence-electron chi connectivity index (χ0n) is 8.91. The van der Waals surface area contributed by atoms with Gasteiger partial charge in [0, 0.05) is 0 Å². The summed E-state index contributed by atoms with van der Waals surface area (Å²) in [5.41, 5.74) is 1.63. The van der Waals surface area contributed by atoms with Crippen LogP contribution in [0.4, 0.5) is 0 Å². The quantitative estimate of drug-likeness (QED) is 0.406. The Hall–Kier alpha value is -1.06. The molecule has 0 bridgehead atoms. The molecule has 0 aliphatic heterocycles. The van der Waals surface area contributed by atoms with Gasteiger partial charge in [-0.05, 0) is 26.2 Å². The molecule has 0 rings (SSSR count). The first-order valence-corrected chi connectivity index (χ1v) is 4.53. The molecule has 0 fully saturated rings. The third-order valence-corrected chi connectivity index (χ3v) is 1.64. The van der Waals surface area contributed by atoms with Gasteiger partial charge in [-0.2, -0.15) is 0 Å². The molecule has 0 saturated heterocycles. The van der Waals surface area contributed by atoms with Crippen LogP contribution in [0.2, 0.25) is 0 Å². The van der Waals surface area contributed by atoms with Crippen molar-refractivity contribution in [2.24, 2.45) is 10.3 Å². The summed E-state index contributed by atoms with van der Waals surface area (Å²) in [7, 11) is 0. The Bertz CT molecular complexity index is 159. The second-order valence-electron chi connectivity index (χ2n) is 2.56. The standard InChI is InChI=1S/C5H11NO.C4H9NO/c1-3-5(4-2)6-7;1-3-4(2)5-6/h7H,3-4H2,1-2H3;6H,3H2,1-2H3/b;5-4-. The third-order valence-electron chi connectivity index (χ3n) is 1.64. The van der Waals surface area contributed by atoms with Crippen LogP contribution in [-0.2, 0) is 0 Å². The highest BCUT2D eigenvalue weighted by atomic mass is 16.4. The van der Waals surface area contributed by atoms with E-state index in [1.807, 2.05) is 20.8 Å². The van der Waals surface area contributed by atoms with Crippen LogP contribution in [0.5, 0.6) is 0 Å². The molecule has 0 spiro atoms. The van der Waals surface area contributed by atoms with E-state index in [9.17, 15) is 0 Å². The Balaban J connectivity index is 0. The van der Waals surface area contributed by atoms with Crippen LogP contribution in [0.25, 0.3) is 0 Å². The molecule has 0 aliphatic carbocycles. The normalized spacial score (nSPS) is 10.0. The summed E-state index contributed by atoms with van der Waals surface area (Å²) >= 11 is 0. The van der Waals surface area contributed by atoms with Crippen molar-refractivity contribution in [1.29, 1.82) is 0 Å². The molecule has 0 aromatic rings. The van der Waals surface area contributed by atoms with Crippen LogP contribution in [0.1, 0.15) is 47.0 Å². The summed E-state index contributed by atoms with van der Waals surface area (Å²) in [4.78, 5) is 0. The lowest BCUT2D eigenvalue weighted by molar-refractivity contribution is 0.316. The molecule has 0 amide bonds. The predicted octanol–water partition coefficient (Wildman–Crippen LogP) is 2.88. The van der Waals surface area contributed by atoms with E-state index in [2.05, 4.69) is 10.3 Å². The van der Waals surface area contributed by atoms with Crippen molar-refractivity contribution in [3.63, 3.8) is 0 Å². The first-order valence-electron chi connectivity index (χ1n) is 4.53. The minimum absolute atomic E-state index is 0.773. The summed E-state index contributed by atoms with van der Waals surface area (Å²) in [6, 6.07) is 0. The summed E-state index contributed by atoms with van der Waals surface area (Å²) in [5.74, 6) is 0. The number of rotatable bonds is 3. The zero-order valence-corrected chi connectivity index (χ0v) is 8.91. The second kappa shape index (κ2) is 10.9. The van der Waals surface area contributed by atoms with Gasteiger partial charge in [0.05, 0.1) is 11.4 Å². The number of nitrogens with zero attached hydrogens (tertiary/aromatic N) is 2. The molecule has 4 nitrogen and oxygen atoms in total. The van der Waals surface area contributed by atoms with E-state index in [0.717, 1.165) is 30.7 Å². The highest BCUT2D eigenvalue weighted by Crippen LogP contribution is 1.87. The lowest BCUT2D eigenvalue weighted by Gasteiger charge is -1.89. The summed E-state index contributed by atoms with van der Waals surface area (Å²) in [5, 5.41) is 22.0. The lowest BCUT2D eigenvalue weighted by Crippen LogP contribution is -1.90. The molecule has 2 N–H and O–H groups in total. The molecule has 0 radical (unpaired) electrons. The van der Waals surface area contributed by atoms with Crippen molar-refractivity contribution >= 4 is 11.4 Å². The van der Waals surface area contributed by atoms with Gasteiger partial charge in [-0.3, -0.25) is 0 Å². The van der Waals surface area contributed by atoms with E-state index in [-0.39, 0.29) is 0 Å². The van der Waals surface area contributed by atoms with Crippen molar-refractivity contribution in [3.8, 4) is 0 Å². The van der Waals surface area contributed by atoms with Crippen molar-refractivity contribution in [2.75, 3.05) is 0 Å². The maximum Gasteiger partial charge on any atom is 0.0565 e. The predicted molar refractivity (Wildman–Crippen MR) is 55.0 cm³/mol. The fraction of sp³-hybridized carbons (Fsp3) is 0.778. The van der Waals surface area contributed by atoms with Gasteiger partial charge in [0.1, 0.15) is 0 Å². The van der Waals surface area contributed by atoms with Gasteiger partial charge >= 0.3 is 0 Å². The van der Waals surface area contributed by atoms with Crippen LogP contribution < -0.4 is 0 Å². The number of hydrogen-bond acceptors (Lipinski definition) is 4. The fourth-order valence-corrected chi connectivity index (χ4v) is 0.462. The van der Waals surface area contributed by atoms with Gasteiger partial charge in [0.25, 0.3) is 0 Å². The topological polar surface area (TPSA) is 65.2 Å². The van der Waals surface area contributed by atoms with Crippen molar-refractivity contribution in [2.45, 2.75) is 47.0 Å². The molecule has 13 heavy (non-hydrogen) atoms. The molecule has 78 valence electrons. The molecular weight excluding hydrogens is 168 g/mol. The maximum absolute atomic E-state index is 8.11. The third kappa shape index (κ3) is 10.9. The minimum atomic E-state index is 0.773. The Kier molecular flexibility index (Phi) is 12.2. The second-order valence-corrected chi connectivity index (χ2v) is 2.56. The van der Waals surface area contributed by atoms with Gasteiger partial charge in [-0.25, -0.2) is 0 Å². The Morgan fingerprint density at radius 2 is 1.38 bits per heavy atom. The Morgan fingerprint density at radius 3 is 1.38 bits per heavy atom. The van der Waals surface area contributed by atoms with Gasteiger partial charge in [-0.15, -0.1) is 0 Å². The average Bonchev–Trinajstić information content (AvgIpc) is 2.20. The molecule has 0 heterocycles. The first-order chi connectivity index (χ1) is 6.15. The highest BCUT2D eigenvalue weighted by Gasteiger charge is 1.86. The number of hydrogen-bond donors (Lipinski definition) is 2.